The summed E-state index contributed by atoms with van der Waals surface area (Å²) in [7, 11) is -3.80. The average Bonchev–Trinajstić information content (AvgIpc) is 3.42. The van der Waals surface area contributed by atoms with Gasteiger partial charge in [-0.3, -0.25) is 0 Å². The van der Waals surface area contributed by atoms with E-state index < -0.39 is 10.0 Å². The molecule has 4 aromatic rings. The van der Waals surface area contributed by atoms with E-state index in [-0.39, 0.29) is 17.3 Å². The molecule has 0 spiro atoms. The topological polar surface area (TPSA) is 89.2 Å². The summed E-state index contributed by atoms with van der Waals surface area (Å²) in [5.74, 6) is 0.634. The van der Waals surface area contributed by atoms with Gasteiger partial charge in [0.2, 0.25) is 0 Å². The van der Waals surface area contributed by atoms with Crippen molar-refractivity contribution in [2.45, 2.75) is 11.4 Å². The third-order valence-electron chi connectivity index (χ3n) is 3.45. The molecule has 1 aromatic carbocycles. The van der Waals surface area contributed by atoms with Crippen LogP contribution in [-0.2, 0) is 16.6 Å². The number of anilines is 1. The second-order valence-electron chi connectivity index (χ2n) is 5.13. The van der Waals surface area contributed by atoms with Crippen molar-refractivity contribution in [2.24, 2.45) is 0 Å². The zero-order valence-electron chi connectivity index (χ0n) is 13.2. The number of benzene rings is 1. The molecular formula is C16H12N4O3S3. The highest BCUT2D eigenvalue weighted by molar-refractivity contribution is 7.93. The molecule has 132 valence electrons. The zero-order valence-corrected chi connectivity index (χ0v) is 15.7. The molecule has 0 atom stereocenters. The number of thiazole rings is 1. The summed E-state index contributed by atoms with van der Waals surface area (Å²) in [6.07, 6.45) is 1.56. The van der Waals surface area contributed by atoms with Crippen molar-refractivity contribution in [3.8, 4) is 10.8 Å². The van der Waals surface area contributed by atoms with Gasteiger partial charge in [0.15, 0.2) is 11.0 Å². The first kappa shape index (κ1) is 16.9. The Morgan fingerprint density at radius 3 is 2.58 bits per heavy atom. The largest absolute Gasteiger partial charge is 0.333 e. The van der Waals surface area contributed by atoms with Gasteiger partial charge < -0.3 is 4.52 Å². The number of hydrogen-bond acceptors (Lipinski definition) is 8. The first-order chi connectivity index (χ1) is 12.6. The minimum Gasteiger partial charge on any atom is -0.333 e. The molecule has 3 aromatic heterocycles. The summed E-state index contributed by atoms with van der Waals surface area (Å²) < 4.78 is 32.6. The summed E-state index contributed by atoms with van der Waals surface area (Å²) >= 11 is 2.70. The predicted molar refractivity (Wildman–Crippen MR) is 99.5 cm³/mol. The third-order valence-corrected chi connectivity index (χ3v) is 6.97. The van der Waals surface area contributed by atoms with E-state index in [0.717, 1.165) is 4.88 Å². The molecule has 4 rings (SSSR count). The molecule has 0 N–H and O–H groups in total. The number of nitrogens with zero attached hydrogens (tertiary/aromatic N) is 4. The second kappa shape index (κ2) is 6.98. The van der Waals surface area contributed by atoms with Crippen molar-refractivity contribution in [2.75, 3.05) is 4.31 Å². The van der Waals surface area contributed by atoms with Crippen molar-refractivity contribution in [1.29, 1.82) is 0 Å². The molecule has 0 aliphatic heterocycles. The molecule has 0 saturated heterocycles. The van der Waals surface area contributed by atoms with E-state index in [1.807, 2.05) is 17.5 Å². The van der Waals surface area contributed by atoms with Crippen molar-refractivity contribution >= 4 is 37.8 Å². The Balaban J connectivity index is 1.69. The fourth-order valence-electron chi connectivity index (χ4n) is 2.26. The lowest BCUT2D eigenvalue weighted by Gasteiger charge is -2.20. The van der Waals surface area contributed by atoms with Crippen LogP contribution in [0.5, 0.6) is 0 Å². The molecule has 0 aliphatic carbocycles. The van der Waals surface area contributed by atoms with Gasteiger partial charge in [0.1, 0.15) is 6.54 Å². The number of sulfonamides is 1. The van der Waals surface area contributed by atoms with Crippen LogP contribution in [0.3, 0.4) is 0 Å². The molecule has 0 bridgehead atoms. The van der Waals surface area contributed by atoms with E-state index in [9.17, 15) is 8.42 Å². The Bertz CT molecular complexity index is 1080. The third kappa shape index (κ3) is 3.26. The highest BCUT2D eigenvalue weighted by Gasteiger charge is 2.28. The Morgan fingerprint density at radius 2 is 1.88 bits per heavy atom. The van der Waals surface area contributed by atoms with Gasteiger partial charge in [-0.05, 0) is 23.6 Å². The molecule has 10 heteroatoms. The predicted octanol–water partition coefficient (Wildman–Crippen LogP) is 3.65. The Hall–Kier alpha value is -2.56. The van der Waals surface area contributed by atoms with Gasteiger partial charge in [-0.15, -0.1) is 22.7 Å². The lowest BCUT2D eigenvalue weighted by Crippen LogP contribution is -2.31. The summed E-state index contributed by atoms with van der Waals surface area (Å²) in [6.45, 7) is -0.0698. The van der Waals surface area contributed by atoms with E-state index in [1.165, 1.54) is 27.0 Å². The summed E-state index contributed by atoms with van der Waals surface area (Å²) in [5, 5.41) is 7.89. The first-order valence-corrected chi connectivity index (χ1v) is 10.7. The van der Waals surface area contributed by atoms with Gasteiger partial charge in [-0.1, -0.05) is 29.4 Å². The molecule has 0 radical (unpaired) electrons. The maximum Gasteiger partial charge on any atom is 0.268 e. The molecule has 26 heavy (non-hydrogen) atoms. The molecular weight excluding hydrogens is 392 g/mol. The van der Waals surface area contributed by atoms with Crippen LogP contribution in [-0.4, -0.2) is 23.5 Å². The summed E-state index contributed by atoms with van der Waals surface area (Å²) in [5.41, 5.74) is 0. The monoisotopic (exact) mass is 404 g/mol. The van der Waals surface area contributed by atoms with Gasteiger partial charge in [0, 0.05) is 11.6 Å². The Morgan fingerprint density at radius 1 is 1.04 bits per heavy atom. The van der Waals surface area contributed by atoms with Crippen molar-refractivity contribution in [1.82, 2.24) is 15.1 Å². The highest BCUT2D eigenvalue weighted by atomic mass is 32.2. The molecule has 0 saturated carbocycles. The fourth-order valence-corrected chi connectivity index (χ4v) is 5.17. The molecule has 0 unspecified atom stereocenters. The van der Waals surface area contributed by atoms with Crippen LogP contribution in [0.2, 0.25) is 0 Å². The van der Waals surface area contributed by atoms with Crippen LogP contribution in [0, 0.1) is 0 Å². The second-order valence-corrected chi connectivity index (χ2v) is 8.82. The average molecular weight is 404 g/mol. The van der Waals surface area contributed by atoms with Crippen LogP contribution in [0.25, 0.3) is 10.8 Å². The standard InChI is InChI=1S/C16H12N4O3S3/c21-26(22,12-5-2-1-3-6-12)20(16-17-8-10-25-16)11-14-18-15(23-19-14)13-7-4-9-24-13/h1-10H,11H2. The van der Waals surface area contributed by atoms with E-state index in [0.29, 0.717) is 11.0 Å². The number of hydrogen-bond donors (Lipinski definition) is 0. The molecule has 7 nitrogen and oxygen atoms in total. The zero-order chi connectivity index (χ0) is 18.0. The Labute approximate surface area is 157 Å². The van der Waals surface area contributed by atoms with E-state index >= 15 is 0 Å². The van der Waals surface area contributed by atoms with Crippen molar-refractivity contribution in [3.63, 3.8) is 0 Å². The van der Waals surface area contributed by atoms with Gasteiger partial charge >= 0.3 is 0 Å². The molecule has 0 amide bonds. The van der Waals surface area contributed by atoms with Gasteiger partial charge in [0.25, 0.3) is 15.9 Å². The highest BCUT2D eigenvalue weighted by Crippen LogP contribution is 2.28. The number of rotatable bonds is 6. The molecule has 0 aliphatic rings. The van der Waals surface area contributed by atoms with E-state index in [2.05, 4.69) is 15.1 Å². The maximum atomic E-state index is 13.1. The van der Waals surface area contributed by atoms with Gasteiger partial charge in [0.05, 0.1) is 9.77 Å². The quantitative estimate of drug-likeness (QED) is 0.487. The van der Waals surface area contributed by atoms with Gasteiger partial charge in [-0.2, -0.15) is 4.98 Å². The van der Waals surface area contributed by atoms with Crippen LogP contribution < -0.4 is 4.31 Å². The first-order valence-electron chi connectivity index (χ1n) is 7.48. The van der Waals surface area contributed by atoms with E-state index in [4.69, 9.17) is 4.52 Å². The van der Waals surface area contributed by atoms with Crippen LogP contribution in [0.15, 0.2) is 68.8 Å². The lowest BCUT2D eigenvalue weighted by molar-refractivity contribution is 0.423. The SMILES string of the molecule is O=S(=O)(c1ccccc1)N(Cc1noc(-c2cccs2)n1)c1nccs1. The van der Waals surface area contributed by atoms with Crippen LogP contribution in [0.1, 0.15) is 5.82 Å². The van der Waals surface area contributed by atoms with Crippen LogP contribution in [0.4, 0.5) is 5.13 Å². The maximum absolute atomic E-state index is 13.1. The molecule has 3 heterocycles. The lowest BCUT2D eigenvalue weighted by atomic mass is 10.4. The summed E-state index contributed by atoms with van der Waals surface area (Å²) in [4.78, 5) is 9.46. The van der Waals surface area contributed by atoms with Crippen molar-refractivity contribution < 1.29 is 12.9 Å². The van der Waals surface area contributed by atoms with Crippen molar-refractivity contribution in [3.05, 3.63) is 65.2 Å². The fraction of sp³-hybridized carbons (Fsp3) is 0.0625. The Kier molecular flexibility index (Phi) is 4.53. The number of aromatic nitrogens is 3. The van der Waals surface area contributed by atoms with E-state index in [1.54, 1.807) is 41.9 Å². The normalized spacial score (nSPS) is 11.5. The minimum atomic E-state index is -3.80. The smallest absolute Gasteiger partial charge is 0.268 e. The summed E-state index contributed by atoms with van der Waals surface area (Å²) in [6, 6.07) is 11.9. The minimum absolute atomic E-state index is 0.0698. The number of thiophene rings is 1. The van der Waals surface area contributed by atoms with Gasteiger partial charge in [-0.25, -0.2) is 17.7 Å². The van der Waals surface area contributed by atoms with Crippen LogP contribution >= 0.6 is 22.7 Å². The molecule has 0 fully saturated rings.